The van der Waals surface area contributed by atoms with Crippen molar-refractivity contribution < 1.29 is 27.8 Å². The highest BCUT2D eigenvalue weighted by Gasteiger charge is 2.51. The normalized spacial score (nSPS) is 27.1. The van der Waals surface area contributed by atoms with E-state index >= 15 is 0 Å². The Morgan fingerprint density at radius 3 is 2.33 bits per heavy atom. The van der Waals surface area contributed by atoms with Gasteiger partial charge in [0.05, 0.1) is 23.7 Å². The number of ether oxygens (including phenoxy) is 2. The van der Waals surface area contributed by atoms with Crippen LogP contribution in [-0.4, -0.2) is 55.6 Å². The molecule has 0 spiro atoms. The largest absolute Gasteiger partial charge is 0.392 e. The third-order valence-corrected chi connectivity index (χ3v) is 13.2. The second-order valence-electron chi connectivity index (χ2n) is 17.3. The van der Waals surface area contributed by atoms with E-state index in [9.17, 15) is 18.3 Å². The van der Waals surface area contributed by atoms with E-state index < -0.39 is 28.3 Å². The molecule has 10 heteroatoms. The van der Waals surface area contributed by atoms with Gasteiger partial charge in [0, 0.05) is 36.3 Å². The number of aliphatic hydroxyl groups excluding tert-OH is 1. The maximum atomic E-state index is 14.0. The second-order valence-corrected chi connectivity index (χ2v) is 19.0. The van der Waals surface area contributed by atoms with Crippen LogP contribution in [0.2, 0.25) is 0 Å². The number of fused-ring (bicyclic) bond motifs is 2. The number of carbonyl (C=O) groups is 1. The first-order valence-corrected chi connectivity index (χ1v) is 21.0. The van der Waals surface area contributed by atoms with Gasteiger partial charge < -0.3 is 19.9 Å². The Morgan fingerprint density at radius 1 is 0.891 bits per heavy atom. The Balaban J connectivity index is 1.13. The summed E-state index contributed by atoms with van der Waals surface area (Å²) >= 11 is 0. The zero-order valence-electron chi connectivity index (χ0n) is 32.6. The lowest BCUT2D eigenvalue weighted by molar-refractivity contribution is -0.276. The first kappa shape index (κ1) is 39.3. The molecule has 0 radical (unpaired) electrons. The van der Waals surface area contributed by atoms with Crippen molar-refractivity contribution in [3.63, 3.8) is 0 Å². The summed E-state index contributed by atoms with van der Waals surface area (Å²) in [6.07, 6.45) is 2.65. The zero-order valence-corrected chi connectivity index (χ0v) is 33.4. The fourth-order valence-electron chi connectivity index (χ4n) is 9.35. The van der Waals surface area contributed by atoms with Crippen molar-refractivity contribution in [2.45, 2.75) is 102 Å². The summed E-state index contributed by atoms with van der Waals surface area (Å²) in [5.41, 5.74) is 5.47. The summed E-state index contributed by atoms with van der Waals surface area (Å²) in [6, 6.07) is 30.7. The molecular weight excluding hydrogens is 711 g/mol. The van der Waals surface area contributed by atoms with Crippen LogP contribution in [0.4, 0.5) is 5.69 Å². The van der Waals surface area contributed by atoms with Crippen molar-refractivity contribution in [1.82, 2.24) is 9.62 Å². The summed E-state index contributed by atoms with van der Waals surface area (Å²) in [7, 11) is -4.00. The third kappa shape index (κ3) is 9.22. The molecule has 2 heterocycles. The Hall–Kier alpha value is -3.90. The van der Waals surface area contributed by atoms with E-state index in [0.717, 1.165) is 40.9 Å². The Bertz CT molecular complexity index is 2060. The molecule has 7 atom stereocenters. The SMILES string of the molecule is Cc1ccc(S(=O)(=O)N[C@H](Cc2ccccc2)C(=O)Nc2cccc([C@@H]3O[C@H](CN4CC5(C)CC4CC(C)(C)C5)[C@H](C)[C@H](c4ccc(CO)cc4)O3)c2)cc1. The standard InChI is InChI=1S/C45H55N3O6S/c1-30-14-20-38(21-15-30)55(51,52)47-39(22-32-10-7-6-8-11-32)42(50)46-36-13-9-12-35(23-36)43-53-40(26-48-29-45(5)25-37(48)24-44(3,4)28-45)31(2)41(54-43)34-18-16-33(27-49)17-19-34/h6-21,23,31,37,39-41,43,47,49H,22,24-29H2,1-5H3,(H,46,50)/t31-,37?,39+,40+,41+,43+,45?/m0/s1. The second kappa shape index (κ2) is 15.9. The molecule has 4 aromatic carbocycles. The number of amides is 1. The highest BCUT2D eigenvalue weighted by molar-refractivity contribution is 7.89. The molecule has 0 aromatic heterocycles. The van der Waals surface area contributed by atoms with Crippen molar-refractivity contribution in [1.29, 1.82) is 0 Å². The highest BCUT2D eigenvalue weighted by Crippen LogP contribution is 2.53. The number of sulfonamides is 1. The molecular formula is C45H55N3O6S. The quantitative estimate of drug-likeness (QED) is 0.135. The van der Waals surface area contributed by atoms with Gasteiger partial charge >= 0.3 is 0 Å². The molecule has 1 saturated carbocycles. The van der Waals surface area contributed by atoms with Crippen molar-refractivity contribution in [2.75, 3.05) is 18.4 Å². The molecule has 2 bridgehead atoms. The minimum Gasteiger partial charge on any atom is -0.392 e. The predicted molar refractivity (Wildman–Crippen MR) is 215 cm³/mol. The van der Waals surface area contributed by atoms with Gasteiger partial charge in [-0.1, -0.05) is 112 Å². The lowest BCUT2D eigenvalue weighted by Crippen LogP contribution is -2.46. The average molecular weight is 766 g/mol. The minimum absolute atomic E-state index is 0.0285. The zero-order chi connectivity index (χ0) is 39.0. The number of aryl methyl sites for hydroxylation is 1. The fourth-order valence-corrected chi connectivity index (χ4v) is 10.5. The number of aliphatic hydroxyl groups is 1. The molecule has 1 amide bonds. The van der Waals surface area contributed by atoms with Gasteiger partial charge in [0.2, 0.25) is 15.9 Å². The number of carbonyl (C=O) groups excluding carboxylic acids is 1. The molecule has 3 aliphatic rings. The summed E-state index contributed by atoms with van der Waals surface area (Å²) in [6.45, 7) is 13.1. The monoisotopic (exact) mass is 765 g/mol. The first-order chi connectivity index (χ1) is 26.2. The van der Waals surface area contributed by atoms with Crippen molar-refractivity contribution in [3.8, 4) is 0 Å². The van der Waals surface area contributed by atoms with Crippen molar-refractivity contribution in [2.24, 2.45) is 16.7 Å². The molecule has 3 N–H and O–H groups in total. The van der Waals surface area contributed by atoms with Gasteiger partial charge in [-0.2, -0.15) is 4.72 Å². The summed E-state index contributed by atoms with van der Waals surface area (Å²) in [5.74, 6) is -0.437. The van der Waals surface area contributed by atoms with Crippen LogP contribution in [-0.2, 0) is 37.3 Å². The summed E-state index contributed by atoms with van der Waals surface area (Å²) in [4.78, 5) is 16.7. The van der Waals surface area contributed by atoms with E-state index in [4.69, 9.17) is 9.47 Å². The maximum Gasteiger partial charge on any atom is 0.242 e. The number of likely N-dealkylation sites (tertiary alicyclic amines) is 1. The summed E-state index contributed by atoms with van der Waals surface area (Å²) in [5, 5.41) is 12.7. The molecule has 55 heavy (non-hydrogen) atoms. The third-order valence-electron chi connectivity index (χ3n) is 11.7. The van der Waals surface area contributed by atoms with E-state index in [-0.39, 0.29) is 36.0 Å². The van der Waals surface area contributed by atoms with Crippen LogP contribution in [0.3, 0.4) is 0 Å². The number of rotatable bonds is 12. The van der Waals surface area contributed by atoms with E-state index in [2.05, 4.69) is 42.6 Å². The van der Waals surface area contributed by atoms with Gasteiger partial charge in [-0.15, -0.1) is 0 Å². The van der Waals surface area contributed by atoms with Crippen LogP contribution in [0.5, 0.6) is 0 Å². The van der Waals surface area contributed by atoms with Gasteiger partial charge in [0.1, 0.15) is 6.04 Å². The molecule has 7 rings (SSSR count). The van der Waals surface area contributed by atoms with Gasteiger partial charge in [-0.3, -0.25) is 9.69 Å². The van der Waals surface area contributed by atoms with E-state index in [1.165, 1.54) is 19.3 Å². The van der Waals surface area contributed by atoms with Crippen LogP contribution in [0, 0.1) is 23.7 Å². The smallest absolute Gasteiger partial charge is 0.242 e. The van der Waals surface area contributed by atoms with Crippen LogP contribution in [0.15, 0.2) is 108 Å². The molecule has 2 unspecified atom stereocenters. The molecule has 1 aliphatic carbocycles. The number of nitrogens with zero attached hydrogens (tertiary/aromatic N) is 1. The van der Waals surface area contributed by atoms with Gasteiger partial charge in [-0.25, -0.2) is 8.42 Å². The highest BCUT2D eigenvalue weighted by atomic mass is 32.2. The molecule has 4 aromatic rings. The van der Waals surface area contributed by atoms with Gasteiger partial charge in [0.25, 0.3) is 0 Å². The first-order valence-electron chi connectivity index (χ1n) is 19.5. The van der Waals surface area contributed by atoms with Crippen LogP contribution < -0.4 is 10.0 Å². The lowest BCUT2D eigenvalue weighted by atomic mass is 9.65. The molecule has 2 aliphatic heterocycles. The Labute approximate surface area is 326 Å². The number of nitrogens with one attached hydrogen (secondary N) is 2. The topological polar surface area (TPSA) is 117 Å². The fraction of sp³-hybridized carbons (Fsp3) is 0.444. The number of hydrogen-bond acceptors (Lipinski definition) is 7. The predicted octanol–water partition coefficient (Wildman–Crippen LogP) is 7.71. The van der Waals surface area contributed by atoms with Crippen LogP contribution in [0.1, 0.15) is 87.2 Å². The van der Waals surface area contributed by atoms with E-state index in [0.29, 0.717) is 22.6 Å². The minimum atomic E-state index is -4.00. The maximum absolute atomic E-state index is 14.0. The summed E-state index contributed by atoms with van der Waals surface area (Å²) < 4.78 is 43.3. The number of hydrogen-bond donors (Lipinski definition) is 3. The number of benzene rings is 4. The Morgan fingerprint density at radius 2 is 1.62 bits per heavy atom. The molecule has 292 valence electrons. The molecule has 2 saturated heterocycles. The van der Waals surface area contributed by atoms with Gasteiger partial charge in [-0.05, 0) is 84.4 Å². The van der Waals surface area contributed by atoms with Crippen molar-refractivity contribution >= 4 is 21.6 Å². The number of anilines is 1. The van der Waals surface area contributed by atoms with Crippen LogP contribution in [0.25, 0.3) is 0 Å². The van der Waals surface area contributed by atoms with Crippen LogP contribution >= 0.6 is 0 Å². The van der Waals surface area contributed by atoms with E-state index in [1.54, 1.807) is 30.3 Å². The molecule has 9 nitrogen and oxygen atoms in total. The van der Waals surface area contributed by atoms with Crippen molar-refractivity contribution in [3.05, 3.63) is 131 Å². The Kier molecular flexibility index (Phi) is 11.4. The van der Waals surface area contributed by atoms with E-state index in [1.807, 2.05) is 79.7 Å². The van der Waals surface area contributed by atoms with Gasteiger partial charge in [0.15, 0.2) is 6.29 Å². The average Bonchev–Trinajstić information content (AvgIpc) is 3.39. The molecule has 3 fully saturated rings. The lowest BCUT2D eigenvalue weighted by Gasteiger charge is -2.43.